The van der Waals surface area contributed by atoms with Crippen molar-refractivity contribution in [2.24, 2.45) is 5.73 Å². The highest BCUT2D eigenvalue weighted by Crippen LogP contribution is 2.19. The van der Waals surface area contributed by atoms with Gasteiger partial charge in [0.05, 0.1) is 13.3 Å². The van der Waals surface area contributed by atoms with Gasteiger partial charge in [-0.3, -0.25) is 0 Å². The second kappa shape index (κ2) is 4.49. The Labute approximate surface area is 90.0 Å². The quantitative estimate of drug-likeness (QED) is 0.786. The van der Waals surface area contributed by atoms with Gasteiger partial charge in [-0.2, -0.15) is 0 Å². The van der Waals surface area contributed by atoms with Gasteiger partial charge in [-0.15, -0.1) is 0 Å². The minimum Gasteiger partial charge on any atom is -0.495 e. The number of hydrogen-bond acceptors (Lipinski definition) is 4. The molecule has 0 amide bonds. The van der Waals surface area contributed by atoms with Crippen LogP contribution in [0, 0.1) is 0 Å². The van der Waals surface area contributed by atoms with Crippen molar-refractivity contribution >= 4 is 5.82 Å². The van der Waals surface area contributed by atoms with E-state index in [1.54, 1.807) is 13.3 Å². The fourth-order valence-corrected chi connectivity index (χ4v) is 1.81. The maximum Gasteiger partial charge on any atom is 0.137 e. The van der Waals surface area contributed by atoms with E-state index < -0.39 is 0 Å². The van der Waals surface area contributed by atoms with E-state index in [1.807, 2.05) is 12.1 Å². The van der Waals surface area contributed by atoms with Gasteiger partial charge in [0.2, 0.25) is 0 Å². The van der Waals surface area contributed by atoms with Crippen LogP contribution in [0.15, 0.2) is 18.3 Å². The normalized spacial score (nSPS) is 17.9. The van der Waals surface area contributed by atoms with Crippen LogP contribution in [-0.2, 0) is 0 Å². The summed E-state index contributed by atoms with van der Waals surface area (Å²) in [6, 6.07) is 4.30. The third-order valence-electron chi connectivity index (χ3n) is 2.82. The molecule has 0 bridgehead atoms. The maximum atomic E-state index is 5.85. The lowest BCUT2D eigenvalue weighted by atomic mass is 10.1. The zero-order chi connectivity index (χ0) is 10.7. The fourth-order valence-electron chi connectivity index (χ4n) is 1.81. The second-order valence-corrected chi connectivity index (χ2v) is 3.88. The third-order valence-corrected chi connectivity index (χ3v) is 2.82. The van der Waals surface area contributed by atoms with Crippen LogP contribution < -0.4 is 15.4 Å². The lowest BCUT2D eigenvalue weighted by Crippen LogP contribution is -2.40. The summed E-state index contributed by atoms with van der Waals surface area (Å²) in [5.74, 6) is 1.81. The smallest absolute Gasteiger partial charge is 0.137 e. The summed E-state index contributed by atoms with van der Waals surface area (Å²) in [6.07, 6.45) is 3.85. The lowest BCUT2D eigenvalue weighted by molar-refractivity contribution is 0.412. The van der Waals surface area contributed by atoms with Crippen LogP contribution >= 0.6 is 0 Å². The van der Waals surface area contributed by atoms with Gasteiger partial charge >= 0.3 is 0 Å². The van der Waals surface area contributed by atoms with E-state index in [0.717, 1.165) is 37.5 Å². The Balaban J connectivity index is 2.03. The first-order valence-corrected chi connectivity index (χ1v) is 5.30. The summed E-state index contributed by atoms with van der Waals surface area (Å²) in [6.45, 7) is 2.00. The topological polar surface area (TPSA) is 51.4 Å². The van der Waals surface area contributed by atoms with Gasteiger partial charge in [0, 0.05) is 19.1 Å². The standard InChI is InChI=1S/C11H17N3O/c1-15-10-2-3-11(13-8-10)14-6-4-9(12)5-7-14/h2-3,8-9H,4-7,12H2,1H3. The molecule has 2 rings (SSSR count). The number of anilines is 1. The van der Waals surface area contributed by atoms with Crippen molar-refractivity contribution in [1.82, 2.24) is 4.98 Å². The maximum absolute atomic E-state index is 5.85. The molecule has 1 aliphatic rings. The van der Waals surface area contributed by atoms with Crippen molar-refractivity contribution in [1.29, 1.82) is 0 Å². The summed E-state index contributed by atoms with van der Waals surface area (Å²) in [4.78, 5) is 6.63. The Morgan fingerprint density at radius 2 is 2.13 bits per heavy atom. The number of nitrogens with zero attached hydrogens (tertiary/aromatic N) is 2. The number of nitrogens with two attached hydrogens (primary N) is 1. The van der Waals surface area contributed by atoms with E-state index in [-0.39, 0.29) is 0 Å². The highest BCUT2D eigenvalue weighted by molar-refractivity contribution is 5.41. The first-order valence-electron chi connectivity index (χ1n) is 5.30. The molecule has 82 valence electrons. The molecular formula is C11H17N3O. The predicted molar refractivity (Wildman–Crippen MR) is 60.2 cm³/mol. The number of piperidine rings is 1. The van der Waals surface area contributed by atoms with Crippen molar-refractivity contribution in [3.8, 4) is 5.75 Å². The van der Waals surface area contributed by atoms with E-state index >= 15 is 0 Å². The monoisotopic (exact) mass is 207 g/mol. The molecule has 0 aliphatic carbocycles. The molecule has 4 nitrogen and oxygen atoms in total. The minimum absolute atomic E-state index is 0.361. The summed E-state index contributed by atoms with van der Waals surface area (Å²) in [7, 11) is 1.65. The number of aromatic nitrogens is 1. The molecule has 0 spiro atoms. The van der Waals surface area contributed by atoms with Crippen LogP contribution in [-0.4, -0.2) is 31.2 Å². The van der Waals surface area contributed by atoms with Gasteiger partial charge in [0.1, 0.15) is 11.6 Å². The van der Waals surface area contributed by atoms with Gasteiger partial charge in [-0.25, -0.2) is 4.98 Å². The molecule has 2 heterocycles. The molecule has 0 atom stereocenters. The van der Waals surface area contributed by atoms with E-state index in [0.29, 0.717) is 6.04 Å². The van der Waals surface area contributed by atoms with Crippen molar-refractivity contribution in [2.75, 3.05) is 25.1 Å². The third kappa shape index (κ3) is 2.39. The predicted octanol–water partition coefficient (Wildman–Crippen LogP) is 1.02. The van der Waals surface area contributed by atoms with Crippen molar-refractivity contribution < 1.29 is 4.74 Å². The molecule has 1 aromatic rings. The van der Waals surface area contributed by atoms with Crippen molar-refractivity contribution in [3.63, 3.8) is 0 Å². The molecule has 4 heteroatoms. The average molecular weight is 207 g/mol. The number of rotatable bonds is 2. The molecule has 0 aromatic carbocycles. The van der Waals surface area contributed by atoms with Crippen LogP contribution in [0.3, 0.4) is 0 Å². The van der Waals surface area contributed by atoms with E-state index in [4.69, 9.17) is 10.5 Å². The van der Waals surface area contributed by atoms with Crippen molar-refractivity contribution in [3.05, 3.63) is 18.3 Å². The van der Waals surface area contributed by atoms with Crippen LogP contribution in [0.1, 0.15) is 12.8 Å². The Hall–Kier alpha value is -1.29. The first kappa shape index (κ1) is 10.2. The van der Waals surface area contributed by atoms with E-state index in [1.165, 1.54) is 0 Å². The first-order chi connectivity index (χ1) is 7.29. The molecule has 1 aliphatic heterocycles. The van der Waals surface area contributed by atoms with Gasteiger partial charge in [-0.1, -0.05) is 0 Å². The zero-order valence-electron chi connectivity index (χ0n) is 9.02. The molecular weight excluding hydrogens is 190 g/mol. The Morgan fingerprint density at radius 3 is 2.67 bits per heavy atom. The molecule has 0 unspecified atom stereocenters. The minimum atomic E-state index is 0.361. The number of pyridine rings is 1. The number of hydrogen-bond donors (Lipinski definition) is 1. The summed E-state index contributed by atoms with van der Waals surface area (Å²) >= 11 is 0. The molecule has 1 saturated heterocycles. The Kier molecular flexibility index (Phi) is 3.06. The molecule has 15 heavy (non-hydrogen) atoms. The number of methoxy groups -OCH3 is 1. The summed E-state index contributed by atoms with van der Waals surface area (Å²) in [5, 5.41) is 0. The number of ether oxygens (including phenoxy) is 1. The van der Waals surface area contributed by atoms with Gasteiger partial charge < -0.3 is 15.4 Å². The van der Waals surface area contributed by atoms with Crippen LogP contribution in [0.5, 0.6) is 5.75 Å². The van der Waals surface area contributed by atoms with Gasteiger partial charge in [0.25, 0.3) is 0 Å². The van der Waals surface area contributed by atoms with Crippen LogP contribution in [0.25, 0.3) is 0 Å². The Morgan fingerprint density at radius 1 is 1.40 bits per heavy atom. The van der Waals surface area contributed by atoms with Gasteiger partial charge in [-0.05, 0) is 25.0 Å². The van der Waals surface area contributed by atoms with E-state index in [9.17, 15) is 0 Å². The highest BCUT2D eigenvalue weighted by atomic mass is 16.5. The molecule has 1 aromatic heterocycles. The van der Waals surface area contributed by atoms with Crippen LogP contribution in [0.4, 0.5) is 5.82 Å². The largest absolute Gasteiger partial charge is 0.495 e. The summed E-state index contributed by atoms with van der Waals surface area (Å²) in [5.41, 5.74) is 5.85. The van der Waals surface area contributed by atoms with Gasteiger partial charge in [0.15, 0.2) is 0 Å². The van der Waals surface area contributed by atoms with E-state index in [2.05, 4.69) is 9.88 Å². The lowest BCUT2D eigenvalue weighted by Gasteiger charge is -2.31. The molecule has 1 fully saturated rings. The SMILES string of the molecule is COc1ccc(N2CCC(N)CC2)nc1. The highest BCUT2D eigenvalue weighted by Gasteiger charge is 2.16. The molecule has 0 saturated carbocycles. The van der Waals surface area contributed by atoms with Crippen molar-refractivity contribution in [2.45, 2.75) is 18.9 Å². The average Bonchev–Trinajstić information content (AvgIpc) is 2.30. The molecule has 0 radical (unpaired) electrons. The zero-order valence-corrected chi connectivity index (χ0v) is 9.02. The second-order valence-electron chi connectivity index (χ2n) is 3.88. The fraction of sp³-hybridized carbons (Fsp3) is 0.545. The summed E-state index contributed by atoms with van der Waals surface area (Å²) < 4.78 is 5.07. The molecule has 2 N–H and O–H groups in total. The Bertz CT molecular complexity index is 304. The van der Waals surface area contributed by atoms with Crippen LogP contribution in [0.2, 0.25) is 0 Å².